The molecule has 3 aromatic carbocycles. The lowest BCUT2D eigenvalue weighted by atomic mass is 10.0. The molecular weight excluding hydrogens is 410 g/mol. The average Bonchev–Trinajstić information content (AvgIpc) is 2.63. The number of benzene rings is 3. The highest BCUT2D eigenvalue weighted by Crippen LogP contribution is 2.40. The van der Waals surface area contributed by atoms with Crippen LogP contribution < -0.4 is 4.74 Å². The van der Waals surface area contributed by atoms with Crippen LogP contribution in [-0.2, 0) is 12.5 Å². The molecule has 0 unspecified atom stereocenters. The van der Waals surface area contributed by atoms with Crippen molar-refractivity contribution in [2.24, 2.45) is 0 Å². The van der Waals surface area contributed by atoms with Crippen LogP contribution in [-0.4, -0.2) is 0 Å². The third-order valence-corrected chi connectivity index (χ3v) is 4.55. The van der Waals surface area contributed by atoms with Crippen molar-refractivity contribution < 1.29 is 13.5 Å². The van der Waals surface area contributed by atoms with Crippen molar-refractivity contribution in [1.82, 2.24) is 0 Å². The van der Waals surface area contributed by atoms with Gasteiger partial charge in [0.1, 0.15) is 12.4 Å². The minimum Gasteiger partial charge on any atom is -0.489 e. The smallest absolute Gasteiger partial charge is 0.299 e. The minimum atomic E-state index is -3.20. The number of hydrogen-bond donors (Lipinski definition) is 0. The molecule has 0 spiro atoms. The Labute approximate surface area is 158 Å². The van der Waals surface area contributed by atoms with Crippen molar-refractivity contribution in [3.63, 3.8) is 0 Å². The number of hydrogen-bond acceptors (Lipinski definition) is 1. The maximum absolute atomic E-state index is 14.8. The summed E-state index contributed by atoms with van der Waals surface area (Å²) in [5.74, 6) is -2.66. The molecule has 0 amide bonds. The molecule has 0 bridgehead atoms. The molecular formula is C20H14BrClF2O. The first-order valence-corrected chi connectivity index (χ1v) is 8.74. The van der Waals surface area contributed by atoms with Gasteiger partial charge in [0.25, 0.3) is 5.92 Å². The number of ether oxygens (including phenoxy) is 1. The molecule has 1 nitrogen and oxygen atoms in total. The summed E-state index contributed by atoms with van der Waals surface area (Å²) in [6.45, 7) is 0.383. The summed E-state index contributed by atoms with van der Waals surface area (Å²) >= 11 is 9.16. The summed E-state index contributed by atoms with van der Waals surface area (Å²) in [7, 11) is 0. The van der Waals surface area contributed by atoms with E-state index in [2.05, 4.69) is 15.9 Å². The van der Waals surface area contributed by atoms with E-state index in [9.17, 15) is 8.78 Å². The highest BCUT2D eigenvalue weighted by atomic mass is 79.9. The molecule has 0 saturated carbocycles. The molecule has 0 atom stereocenters. The second-order valence-corrected chi connectivity index (χ2v) is 6.82. The lowest BCUT2D eigenvalue weighted by molar-refractivity contribution is 0.0428. The lowest BCUT2D eigenvalue weighted by Crippen LogP contribution is -2.15. The van der Waals surface area contributed by atoms with E-state index in [1.807, 2.05) is 30.3 Å². The molecule has 0 radical (unpaired) electrons. The van der Waals surface area contributed by atoms with Gasteiger partial charge in [0.05, 0.1) is 5.02 Å². The maximum atomic E-state index is 14.8. The van der Waals surface area contributed by atoms with E-state index in [4.69, 9.17) is 16.3 Å². The van der Waals surface area contributed by atoms with Gasteiger partial charge in [0, 0.05) is 15.6 Å². The van der Waals surface area contributed by atoms with Crippen LogP contribution in [0.15, 0.2) is 77.3 Å². The molecule has 0 saturated heterocycles. The molecule has 5 heteroatoms. The average molecular weight is 424 g/mol. The number of halogens is 4. The number of alkyl halides is 2. The van der Waals surface area contributed by atoms with E-state index < -0.39 is 5.92 Å². The Morgan fingerprint density at radius 1 is 0.920 bits per heavy atom. The second kappa shape index (κ2) is 7.54. The van der Waals surface area contributed by atoms with Gasteiger partial charge in [0.2, 0.25) is 0 Å². The largest absolute Gasteiger partial charge is 0.489 e. The van der Waals surface area contributed by atoms with Gasteiger partial charge in [0.15, 0.2) is 0 Å². The molecule has 128 valence electrons. The van der Waals surface area contributed by atoms with Crippen molar-refractivity contribution in [1.29, 1.82) is 0 Å². The van der Waals surface area contributed by atoms with E-state index in [1.54, 1.807) is 6.07 Å². The third kappa shape index (κ3) is 4.20. The molecule has 0 fully saturated rings. The van der Waals surface area contributed by atoms with Crippen LogP contribution in [0.1, 0.15) is 16.7 Å². The molecule has 0 aliphatic rings. The van der Waals surface area contributed by atoms with Crippen molar-refractivity contribution >= 4 is 27.5 Å². The van der Waals surface area contributed by atoms with Gasteiger partial charge in [-0.05, 0) is 48.0 Å². The Balaban J connectivity index is 1.78. The fraction of sp³-hybridized carbons (Fsp3) is 0.100. The van der Waals surface area contributed by atoms with Gasteiger partial charge >= 0.3 is 0 Å². The monoisotopic (exact) mass is 422 g/mol. The van der Waals surface area contributed by atoms with E-state index in [-0.39, 0.29) is 16.1 Å². The number of rotatable bonds is 5. The Bertz CT molecular complexity index is 851. The first-order chi connectivity index (χ1) is 12.0. The topological polar surface area (TPSA) is 9.23 Å². The lowest BCUT2D eigenvalue weighted by Gasteiger charge is -2.19. The van der Waals surface area contributed by atoms with Crippen LogP contribution in [0.2, 0.25) is 5.02 Å². The van der Waals surface area contributed by atoms with Crippen molar-refractivity contribution in [2.45, 2.75) is 12.5 Å². The van der Waals surface area contributed by atoms with E-state index in [1.165, 1.54) is 36.4 Å². The molecule has 0 N–H and O–H groups in total. The first-order valence-electron chi connectivity index (χ1n) is 7.57. The summed E-state index contributed by atoms with van der Waals surface area (Å²) in [6, 6.07) is 19.9. The van der Waals surface area contributed by atoms with Crippen molar-refractivity contribution in [3.8, 4) is 5.75 Å². The molecule has 3 aromatic rings. The van der Waals surface area contributed by atoms with Gasteiger partial charge < -0.3 is 4.74 Å². The SMILES string of the molecule is FC(F)(c1ccc(OCc2ccccc2)cc1)c1cc(Br)ccc1Cl. The zero-order chi connectivity index (χ0) is 17.9. The maximum Gasteiger partial charge on any atom is 0.299 e. The minimum absolute atomic E-state index is 0.0256. The molecule has 0 aliphatic heterocycles. The van der Waals surface area contributed by atoms with E-state index in [0.717, 1.165) is 5.56 Å². The predicted octanol–water partition coefficient (Wildman–Crippen LogP) is 6.82. The quantitative estimate of drug-likeness (QED) is 0.437. The predicted molar refractivity (Wildman–Crippen MR) is 99.4 cm³/mol. The summed E-state index contributed by atoms with van der Waals surface area (Å²) in [4.78, 5) is 0. The Morgan fingerprint density at radius 2 is 1.60 bits per heavy atom. The first kappa shape index (κ1) is 17.9. The van der Waals surface area contributed by atoms with E-state index in [0.29, 0.717) is 16.8 Å². The normalized spacial score (nSPS) is 11.4. The molecule has 0 heterocycles. The Hall–Kier alpha value is -1.91. The fourth-order valence-corrected chi connectivity index (χ4v) is 2.99. The molecule has 3 rings (SSSR count). The summed E-state index contributed by atoms with van der Waals surface area (Å²) in [5, 5.41) is 0.0256. The molecule has 0 aliphatic carbocycles. The van der Waals surface area contributed by atoms with Crippen molar-refractivity contribution in [3.05, 3.63) is 99.0 Å². The Morgan fingerprint density at radius 3 is 2.28 bits per heavy atom. The Kier molecular flexibility index (Phi) is 5.40. The van der Waals surface area contributed by atoms with Crippen LogP contribution >= 0.6 is 27.5 Å². The van der Waals surface area contributed by atoms with E-state index >= 15 is 0 Å². The van der Waals surface area contributed by atoms with Gasteiger partial charge in [-0.2, -0.15) is 8.78 Å². The standard InChI is InChI=1S/C20H14BrClF2O/c21-16-8-11-19(22)18(12-16)20(23,24)15-6-9-17(10-7-15)25-13-14-4-2-1-3-5-14/h1-12H,13H2. The summed E-state index contributed by atoms with van der Waals surface area (Å²) in [6.07, 6.45) is 0. The highest BCUT2D eigenvalue weighted by Gasteiger charge is 2.36. The zero-order valence-electron chi connectivity index (χ0n) is 13.1. The van der Waals surface area contributed by atoms with Crippen LogP contribution in [0, 0.1) is 0 Å². The van der Waals surface area contributed by atoms with Crippen LogP contribution in [0.25, 0.3) is 0 Å². The van der Waals surface area contributed by atoms with Gasteiger partial charge in [-0.3, -0.25) is 0 Å². The van der Waals surface area contributed by atoms with Gasteiger partial charge in [-0.1, -0.05) is 57.9 Å². The molecule has 0 aromatic heterocycles. The third-order valence-electron chi connectivity index (χ3n) is 3.73. The van der Waals surface area contributed by atoms with Crippen molar-refractivity contribution in [2.75, 3.05) is 0 Å². The van der Waals surface area contributed by atoms with Crippen LogP contribution in [0.4, 0.5) is 8.78 Å². The highest BCUT2D eigenvalue weighted by molar-refractivity contribution is 9.10. The van der Waals surface area contributed by atoms with Crippen LogP contribution in [0.5, 0.6) is 5.75 Å². The van der Waals surface area contributed by atoms with Gasteiger partial charge in [-0.15, -0.1) is 0 Å². The van der Waals surface area contributed by atoms with Crippen LogP contribution in [0.3, 0.4) is 0 Å². The molecule has 25 heavy (non-hydrogen) atoms. The second-order valence-electron chi connectivity index (χ2n) is 5.50. The zero-order valence-corrected chi connectivity index (χ0v) is 15.4. The summed E-state index contributed by atoms with van der Waals surface area (Å²) < 4.78 is 35.7. The fourth-order valence-electron chi connectivity index (χ4n) is 2.39. The van der Waals surface area contributed by atoms with Gasteiger partial charge in [-0.25, -0.2) is 0 Å². The summed E-state index contributed by atoms with van der Waals surface area (Å²) in [5.41, 5.74) is 0.638.